The predicted molar refractivity (Wildman–Crippen MR) is 95.7 cm³/mol. The third-order valence-corrected chi connectivity index (χ3v) is 3.60. The Labute approximate surface area is 151 Å². The Morgan fingerprint density at radius 3 is 2.27 bits per heavy atom. The molecule has 138 valence electrons. The van der Waals surface area contributed by atoms with Gasteiger partial charge in [0.05, 0.1) is 0 Å². The molecule has 5 nitrogen and oxygen atoms in total. The van der Waals surface area contributed by atoms with Gasteiger partial charge in [0.2, 0.25) is 0 Å². The quantitative estimate of drug-likeness (QED) is 0.799. The van der Waals surface area contributed by atoms with E-state index in [0.717, 1.165) is 0 Å². The zero-order valence-corrected chi connectivity index (χ0v) is 15.2. The second-order valence-corrected chi connectivity index (χ2v) is 7.00. The fourth-order valence-electron chi connectivity index (χ4n) is 2.31. The van der Waals surface area contributed by atoms with Gasteiger partial charge in [0, 0.05) is 5.56 Å². The summed E-state index contributed by atoms with van der Waals surface area (Å²) in [7, 11) is 0. The Hall–Kier alpha value is -2.89. The fourth-order valence-corrected chi connectivity index (χ4v) is 2.31. The highest BCUT2D eigenvalue weighted by atomic mass is 19.1. The molecule has 0 bridgehead atoms. The maximum Gasteiger partial charge on any atom is 0.408 e. The Morgan fingerprint density at radius 2 is 1.73 bits per heavy atom. The van der Waals surface area contributed by atoms with Crippen LogP contribution >= 0.6 is 0 Å². The molecule has 0 aliphatic carbocycles. The van der Waals surface area contributed by atoms with Gasteiger partial charge >= 0.3 is 6.09 Å². The molecule has 2 rings (SSSR count). The van der Waals surface area contributed by atoms with Gasteiger partial charge in [-0.15, -0.1) is 0 Å². The standard InChI is InChI=1S/C20H22FNO4/c1-12-5-6-14(11-16(12)21)17(22-19(25)26-20(2,3)4)18(24)13-7-9-15(23)10-8-13/h5-11,17,23H,1-4H3,(H,22,25). The lowest BCUT2D eigenvalue weighted by Gasteiger charge is -2.23. The van der Waals surface area contributed by atoms with E-state index < -0.39 is 29.3 Å². The van der Waals surface area contributed by atoms with Crippen LogP contribution in [0.5, 0.6) is 5.75 Å². The number of rotatable bonds is 4. The average Bonchev–Trinajstić information content (AvgIpc) is 2.54. The van der Waals surface area contributed by atoms with Gasteiger partial charge in [-0.25, -0.2) is 9.18 Å². The second-order valence-electron chi connectivity index (χ2n) is 7.00. The molecular weight excluding hydrogens is 337 g/mol. The van der Waals surface area contributed by atoms with Crippen molar-refractivity contribution in [3.8, 4) is 5.75 Å². The Kier molecular flexibility index (Phi) is 5.65. The maximum atomic E-state index is 14.0. The SMILES string of the molecule is Cc1ccc(C(NC(=O)OC(C)(C)C)C(=O)c2ccc(O)cc2)cc1F. The summed E-state index contributed by atoms with van der Waals surface area (Å²) in [4.78, 5) is 25.0. The number of amides is 1. The highest BCUT2D eigenvalue weighted by Crippen LogP contribution is 2.23. The molecule has 6 heteroatoms. The van der Waals surface area contributed by atoms with Crippen molar-refractivity contribution in [2.75, 3.05) is 0 Å². The zero-order valence-electron chi connectivity index (χ0n) is 15.2. The number of ether oxygens (including phenoxy) is 1. The van der Waals surface area contributed by atoms with Crippen molar-refractivity contribution in [1.29, 1.82) is 0 Å². The number of hydrogen-bond acceptors (Lipinski definition) is 4. The summed E-state index contributed by atoms with van der Waals surface area (Å²) in [6.07, 6.45) is -0.782. The summed E-state index contributed by atoms with van der Waals surface area (Å²) in [5.74, 6) is -0.907. The van der Waals surface area contributed by atoms with Gasteiger partial charge in [0.25, 0.3) is 0 Å². The normalized spacial score (nSPS) is 12.3. The molecule has 0 aliphatic heterocycles. The summed E-state index contributed by atoms with van der Waals surface area (Å²) in [6.45, 7) is 6.72. The fraction of sp³-hybridized carbons (Fsp3) is 0.300. The lowest BCUT2D eigenvalue weighted by atomic mass is 9.96. The molecule has 2 N–H and O–H groups in total. The lowest BCUT2D eigenvalue weighted by Crippen LogP contribution is -2.38. The molecule has 0 aromatic heterocycles. The molecule has 26 heavy (non-hydrogen) atoms. The first kappa shape index (κ1) is 19.4. The third kappa shape index (κ3) is 5.05. The molecule has 2 aromatic carbocycles. The molecule has 0 spiro atoms. The van der Waals surface area contributed by atoms with Crippen LogP contribution in [-0.2, 0) is 4.74 Å². The minimum Gasteiger partial charge on any atom is -0.508 e. The van der Waals surface area contributed by atoms with E-state index in [9.17, 15) is 19.1 Å². The number of phenols is 1. The van der Waals surface area contributed by atoms with Gasteiger partial charge in [-0.1, -0.05) is 12.1 Å². The van der Waals surface area contributed by atoms with Gasteiger partial charge in [-0.2, -0.15) is 0 Å². The van der Waals surface area contributed by atoms with E-state index in [2.05, 4.69) is 5.32 Å². The summed E-state index contributed by atoms with van der Waals surface area (Å²) < 4.78 is 19.2. The topological polar surface area (TPSA) is 75.6 Å². The molecule has 0 aliphatic rings. The van der Waals surface area contributed by atoms with Crippen LogP contribution in [0.2, 0.25) is 0 Å². The first-order valence-electron chi connectivity index (χ1n) is 8.15. The van der Waals surface area contributed by atoms with Crippen molar-refractivity contribution in [2.24, 2.45) is 0 Å². The molecule has 1 unspecified atom stereocenters. The molecule has 1 atom stereocenters. The Bertz CT molecular complexity index is 810. The molecule has 0 saturated carbocycles. The molecule has 2 aromatic rings. The van der Waals surface area contributed by atoms with Crippen LogP contribution in [0.3, 0.4) is 0 Å². The summed E-state index contributed by atoms with van der Waals surface area (Å²) in [5.41, 5.74) is 0.262. The number of halogens is 1. The summed E-state index contributed by atoms with van der Waals surface area (Å²) >= 11 is 0. The van der Waals surface area contributed by atoms with Crippen molar-refractivity contribution in [3.63, 3.8) is 0 Å². The number of aryl methyl sites for hydroxylation is 1. The highest BCUT2D eigenvalue weighted by molar-refractivity contribution is 6.02. The maximum absolute atomic E-state index is 14.0. The van der Waals surface area contributed by atoms with Crippen LogP contribution in [0.15, 0.2) is 42.5 Å². The molecule has 0 heterocycles. The van der Waals surface area contributed by atoms with E-state index in [4.69, 9.17) is 4.74 Å². The highest BCUT2D eigenvalue weighted by Gasteiger charge is 2.27. The predicted octanol–water partition coefficient (Wildman–Crippen LogP) is 4.29. The molecule has 0 radical (unpaired) electrons. The number of hydrogen-bond donors (Lipinski definition) is 2. The molecule has 1 amide bonds. The van der Waals surface area contributed by atoms with Crippen molar-refractivity contribution >= 4 is 11.9 Å². The van der Waals surface area contributed by atoms with Gasteiger partial charge in [-0.05, 0) is 69.2 Å². The van der Waals surface area contributed by atoms with E-state index in [1.54, 1.807) is 39.8 Å². The average molecular weight is 359 g/mol. The molecule has 0 saturated heterocycles. The first-order valence-corrected chi connectivity index (χ1v) is 8.15. The van der Waals surface area contributed by atoms with Crippen molar-refractivity contribution < 1.29 is 23.8 Å². The first-order chi connectivity index (χ1) is 12.1. The number of alkyl carbamates (subject to hydrolysis) is 1. The van der Waals surface area contributed by atoms with Crippen LogP contribution in [0.4, 0.5) is 9.18 Å². The van der Waals surface area contributed by atoms with E-state index in [-0.39, 0.29) is 11.3 Å². The Balaban J connectivity index is 2.37. The minimum absolute atomic E-state index is 0.0135. The van der Waals surface area contributed by atoms with Crippen LogP contribution < -0.4 is 5.32 Å². The number of Topliss-reactive ketones (excluding diaryl/α,β-unsaturated/α-hetero) is 1. The summed E-state index contributed by atoms with van der Waals surface area (Å²) in [6, 6.07) is 8.83. The second kappa shape index (κ2) is 7.56. The monoisotopic (exact) mass is 359 g/mol. The Morgan fingerprint density at radius 1 is 1.12 bits per heavy atom. The minimum atomic E-state index is -1.12. The van der Waals surface area contributed by atoms with Gasteiger partial charge in [-0.3, -0.25) is 4.79 Å². The number of benzene rings is 2. The van der Waals surface area contributed by atoms with Gasteiger partial charge in [0.1, 0.15) is 23.2 Å². The van der Waals surface area contributed by atoms with Gasteiger partial charge < -0.3 is 15.2 Å². The summed E-state index contributed by atoms with van der Waals surface area (Å²) in [5, 5.41) is 11.9. The van der Waals surface area contributed by atoms with Crippen LogP contribution in [0.1, 0.15) is 48.3 Å². The largest absolute Gasteiger partial charge is 0.508 e. The van der Waals surface area contributed by atoms with E-state index in [1.807, 2.05) is 0 Å². The number of carbonyl (C=O) groups is 2. The van der Waals surface area contributed by atoms with Crippen molar-refractivity contribution in [2.45, 2.75) is 39.3 Å². The van der Waals surface area contributed by atoms with Crippen LogP contribution in [0, 0.1) is 12.7 Å². The zero-order chi connectivity index (χ0) is 19.5. The number of ketones is 1. The van der Waals surface area contributed by atoms with E-state index in [0.29, 0.717) is 11.1 Å². The molecular formula is C20H22FNO4. The van der Waals surface area contributed by atoms with E-state index >= 15 is 0 Å². The van der Waals surface area contributed by atoms with Crippen molar-refractivity contribution in [1.82, 2.24) is 5.32 Å². The number of carbonyl (C=O) groups excluding carboxylic acids is 2. The molecule has 0 fully saturated rings. The van der Waals surface area contributed by atoms with Crippen LogP contribution in [-0.4, -0.2) is 22.6 Å². The number of aromatic hydroxyl groups is 1. The van der Waals surface area contributed by atoms with Gasteiger partial charge in [0.15, 0.2) is 5.78 Å². The van der Waals surface area contributed by atoms with Crippen LogP contribution in [0.25, 0.3) is 0 Å². The van der Waals surface area contributed by atoms with Crippen molar-refractivity contribution in [3.05, 3.63) is 65.0 Å². The third-order valence-electron chi connectivity index (χ3n) is 3.60. The number of phenolic OH excluding ortho intramolecular Hbond substituents is 1. The lowest BCUT2D eigenvalue weighted by molar-refractivity contribution is 0.0490. The number of nitrogens with one attached hydrogen (secondary N) is 1. The van der Waals surface area contributed by atoms with E-state index in [1.165, 1.54) is 30.3 Å². The smallest absolute Gasteiger partial charge is 0.408 e.